The van der Waals surface area contributed by atoms with Crippen molar-refractivity contribution in [3.63, 3.8) is 0 Å². The first-order chi connectivity index (χ1) is 7.95. The van der Waals surface area contributed by atoms with Crippen molar-refractivity contribution in [1.29, 1.82) is 0 Å². The lowest BCUT2D eigenvalue weighted by Gasteiger charge is -2.41. The number of likely N-dealkylation sites (tertiary alicyclic amines) is 1. The van der Waals surface area contributed by atoms with E-state index in [9.17, 15) is 0 Å². The normalized spacial score (nSPS) is 27.4. The highest BCUT2D eigenvalue weighted by atomic mass is 15.2. The van der Waals surface area contributed by atoms with E-state index < -0.39 is 0 Å². The van der Waals surface area contributed by atoms with Gasteiger partial charge >= 0.3 is 0 Å². The van der Waals surface area contributed by atoms with Crippen LogP contribution in [0.5, 0.6) is 0 Å². The Hall–Kier alpha value is -0.0800. The molecule has 0 bridgehead atoms. The van der Waals surface area contributed by atoms with Crippen molar-refractivity contribution in [3.05, 3.63) is 0 Å². The highest BCUT2D eigenvalue weighted by molar-refractivity contribution is 4.84. The molecule has 1 N–H and O–H groups in total. The average molecular weight is 240 g/mol. The Labute approximate surface area is 108 Å². The molecular weight excluding hydrogens is 208 g/mol. The molecule has 2 unspecified atom stereocenters. The van der Waals surface area contributed by atoms with E-state index >= 15 is 0 Å². The van der Waals surface area contributed by atoms with Crippen molar-refractivity contribution in [3.8, 4) is 0 Å². The van der Waals surface area contributed by atoms with Crippen molar-refractivity contribution in [1.82, 2.24) is 10.2 Å². The molecule has 2 nitrogen and oxygen atoms in total. The van der Waals surface area contributed by atoms with E-state index in [1.165, 1.54) is 25.9 Å². The van der Waals surface area contributed by atoms with Crippen LogP contribution in [-0.2, 0) is 0 Å². The molecule has 2 heteroatoms. The largest absolute Gasteiger partial charge is 0.317 e. The third-order valence-electron chi connectivity index (χ3n) is 4.58. The summed E-state index contributed by atoms with van der Waals surface area (Å²) >= 11 is 0. The first-order valence-electron chi connectivity index (χ1n) is 7.37. The lowest BCUT2D eigenvalue weighted by molar-refractivity contribution is 0.0905. The van der Waals surface area contributed by atoms with Crippen molar-refractivity contribution >= 4 is 0 Å². The Morgan fingerprint density at radius 3 is 2.18 bits per heavy atom. The number of nitrogens with zero attached hydrogens (tertiary/aromatic N) is 1. The molecule has 1 aliphatic heterocycles. The summed E-state index contributed by atoms with van der Waals surface area (Å²) in [5.74, 6) is 2.43. The van der Waals surface area contributed by atoms with Crippen LogP contribution in [0.1, 0.15) is 47.5 Å². The SMILES string of the molecule is CNC1CCN(CC(C(C)C)C(C)C)C(C)C1. The van der Waals surface area contributed by atoms with Gasteiger partial charge in [0.2, 0.25) is 0 Å². The fourth-order valence-electron chi connectivity index (χ4n) is 3.22. The summed E-state index contributed by atoms with van der Waals surface area (Å²) < 4.78 is 0. The van der Waals surface area contributed by atoms with Gasteiger partial charge in [-0.2, -0.15) is 0 Å². The zero-order chi connectivity index (χ0) is 13.0. The molecule has 1 saturated heterocycles. The second-order valence-electron chi connectivity index (χ2n) is 6.51. The third-order valence-corrected chi connectivity index (χ3v) is 4.58. The Morgan fingerprint density at radius 1 is 1.18 bits per heavy atom. The summed E-state index contributed by atoms with van der Waals surface area (Å²) in [4.78, 5) is 2.71. The fraction of sp³-hybridized carbons (Fsp3) is 1.00. The number of rotatable bonds is 5. The molecule has 0 aromatic rings. The maximum absolute atomic E-state index is 3.43. The van der Waals surface area contributed by atoms with E-state index in [-0.39, 0.29) is 0 Å². The van der Waals surface area contributed by atoms with Crippen LogP contribution in [0.4, 0.5) is 0 Å². The molecule has 0 saturated carbocycles. The van der Waals surface area contributed by atoms with Gasteiger partial charge in [-0.3, -0.25) is 0 Å². The van der Waals surface area contributed by atoms with Gasteiger partial charge in [0, 0.05) is 18.6 Å². The smallest absolute Gasteiger partial charge is 0.00910 e. The summed E-state index contributed by atoms with van der Waals surface area (Å²) in [6, 6.07) is 1.47. The van der Waals surface area contributed by atoms with Gasteiger partial charge in [-0.25, -0.2) is 0 Å². The molecule has 0 aliphatic carbocycles. The fourth-order valence-corrected chi connectivity index (χ4v) is 3.22. The predicted octanol–water partition coefficient (Wildman–Crippen LogP) is 2.99. The second-order valence-corrected chi connectivity index (χ2v) is 6.51. The van der Waals surface area contributed by atoms with Gasteiger partial charge < -0.3 is 10.2 Å². The first kappa shape index (κ1) is 15.0. The van der Waals surface area contributed by atoms with Gasteiger partial charge in [0.25, 0.3) is 0 Å². The van der Waals surface area contributed by atoms with Gasteiger partial charge in [0.15, 0.2) is 0 Å². The minimum absolute atomic E-state index is 0.734. The number of hydrogen-bond acceptors (Lipinski definition) is 2. The minimum Gasteiger partial charge on any atom is -0.317 e. The molecule has 0 amide bonds. The van der Waals surface area contributed by atoms with Gasteiger partial charge in [-0.1, -0.05) is 27.7 Å². The molecule has 1 aliphatic rings. The molecule has 1 rings (SSSR count). The lowest BCUT2D eigenvalue weighted by Crippen LogP contribution is -2.49. The monoisotopic (exact) mass is 240 g/mol. The standard InChI is InChI=1S/C15H32N2/c1-11(2)15(12(3)4)10-17-8-7-14(16-6)9-13(17)5/h11-16H,7-10H2,1-6H3. The highest BCUT2D eigenvalue weighted by Gasteiger charge is 2.28. The molecule has 0 spiro atoms. The maximum atomic E-state index is 3.43. The van der Waals surface area contributed by atoms with E-state index in [4.69, 9.17) is 0 Å². The Bertz CT molecular complexity index is 205. The number of nitrogens with one attached hydrogen (secondary N) is 1. The average Bonchev–Trinajstić information content (AvgIpc) is 2.26. The molecule has 1 fully saturated rings. The first-order valence-corrected chi connectivity index (χ1v) is 7.37. The number of piperidine rings is 1. The summed E-state index contributed by atoms with van der Waals surface area (Å²) in [7, 11) is 2.10. The van der Waals surface area contributed by atoms with Crippen LogP contribution in [0.3, 0.4) is 0 Å². The van der Waals surface area contributed by atoms with Crippen molar-refractivity contribution in [2.75, 3.05) is 20.1 Å². The minimum atomic E-state index is 0.734. The Kier molecular flexibility index (Phi) is 5.94. The van der Waals surface area contributed by atoms with Gasteiger partial charge in [0.05, 0.1) is 0 Å². The van der Waals surface area contributed by atoms with Crippen LogP contribution in [0, 0.1) is 17.8 Å². The number of hydrogen-bond donors (Lipinski definition) is 1. The predicted molar refractivity (Wildman–Crippen MR) is 76.3 cm³/mol. The summed E-state index contributed by atoms with van der Waals surface area (Å²) in [6.07, 6.45) is 2.61. The third kappa shape index (κ3) is 4.26. The summed E-state index contributed by atoms with van der Waals surface area (Å²) in [5.41, 5.74) is 0. The molecule has 0 aromatic heterocycles. The van der Waals surface area contributed by atoms with Crippen molar-refractivity contribution < 1.29 is 0 Å². The molecule has 17 heavy (non-hydrogen) atoms. The Balaban J connectivity index is 2.50. The summed E-state index contributed by atoms with van der Waals surface area (Å²) in [6.45, 7) is 14.4. The zero-order valence-corrected chi connectivity index (χ0v) is 12.7. The van der Waals surface area contributed by atoms with Crippen LogP contribution in [0.2, 0.25) is 0 Å². The summed E-state index contributed by atoms with van der Waals surface area (Å²) in [5, 5.41) is 3.43. The molecule has 0 aromatic carbocycles. The van der Waals surface area contributed by atoms with Crippen LogP contribution in [0.25, 0.3) is 0 Å². The van der Waals surface area contributed by atoms with Crippen LogP contribution in [0.15, 0.2) is 0 Å². The quantitative estimate of drug-likeness (QED) is 0.795. The lowest BCUT2D eigenvalue weighted by atomic mass is 9.84. The topological polar surface area (TPSA) is 15.3 Å². The second kappa shape index (κ2) is 6.75. The maximum Gasteiger partial charge on any atom is 0.00910 e. The van der Waals surface area contributed by atoms with Gasteiger partial charge in [-0.15, -0.1) is 0 Å². The zero-order valence-electron chi connectivity index (χ0n) is 12.7. The molecule has 102 valence electrons. The molecule has 0 radical (unpaired) electrons. The van der Waals surface area contributed by atoms with Gasteiger partial charge in [0.1, 0.15) is 0 Å². The van der Waals surface area contributed by atoms with E-state index in [0.29, 0.717) is 0 Å². The molecule has 1 heterocycles. The van der Waals surface area contributed by atoms with Crippen molar-refractivity contribution in [2.24, 2.45) is 17.8 Å². The molecule has 2 atom stereocenters. The van der Waals surface area contributed by atoms with Crippen LogP contribution in [-0.4, -0.2) is 37.1 Å². The van der Waals surface area contributed by atoms with E-state index in [1.807, 2.05) is 0 Å². The van der Waals surface area contributed by atoms with Crippen molar-refractivity contribution in [2.45, 2.75) is 59.5 Å². The van der Waals surface area contributed by atoms with Crippen LogP contribution < -0.4 is 5.32 Å². The van der Waals surface area contributed by atoms with Gasteiger partial charge in [-0.05, 0) is 51.1 Å². The highest BCUT2D eigenvalue weighted by Crippen LogP contribution is 2.25. The van der Waals surface area contributed by atoms with E-state index in [2.05, 4.69) is 51.9 Å². The van der Waals surface area contributed by atoms with Crippen LogP contribution >= 0.6 is 0 Å². The molecular formula is C15H32N2. The Morgan fingerprint density at radius 2 is 1.76 bits per heavy atom. The van der Waals surface area contributed by atoms with E-state index in [1.54, 1.807) is 0 Å². The van der Waals surface area contributed by atoms with E-state index in [0.717, 1.165) is 29.8 Å².